The molecule has 4 rings (SSSR count). The lowest BCUT2D eigenvalue weighted by atomic mass is 10.1. The maximum Gasteiger partial charge on any atom is 0.248 e. The van der Waals surface area contributed by atoms with Gasteiger partial charge in [0.15, 0.2) is 0 Å². The lowest BCUT2D eigenvalue weighted by Gasteiger charge is -2.08. The van der Waals surface area contributed by atoms with Crippen molar-refractivity contribution in [3.63, 3.8) is 0 Å². The van der Waals surface area contributed by atoms with Gasteiger partial charge in [-0.05, 0) is 67.1 Å². The number of nitrogens with one attached hydrogen (secondary N) is 1. The number of halogens is 1. The number of para-hydroxylation sites is 1. The van der Waals surface area contributed by atoms with Gasteiger partial charge in [0.1, 0.15) is 10.8 Å². The van der Waals surface area contributed by atoms with Crippen LogP contribution in [0.4, 0.5) is 5.69 Å². The van der Waals surface area contributed by atoms with Crippen LogP contribution < -0.4 is 10.1 Å². The van der Waals surface area contributed by atoms with Crippen LogP contribution in [-0.4, -0.2) is 18.0 Å². The van der Waals surface area contributed by atoms with Gasteiger partial charge in [0.25, 0.3) is 0 Å². The van der Waals surface area contributed by atoms with E-state index in [1.165, 1.54) is 6.08 Å². The van der Waals surface area contributed by atoms with E-state index in [1.54, 1.807) is 24.5 Å². The molecule has 3 aromatic carbocycles. The molecule has 0 spiro atoms. The Bertz CT molecular complexity index is 1230. The first-order valence-corrected chi connectivity index (χ1v) is 10.9. The molecule has 0 saturated carbocycles. The van der Waals surface area contributed by atoms with Gasteiger partial charge in [-0.1, -0.05) is 28.1 Å². The first-order valence-electron chi connectivity index (χ1n) is 9.33. The van der Waals surface area contributed by atoms with Gasteiger partial charge in [-0.15, -0.1) is 11.3 Å². The van der Waals surface area contributed by atoms with Crippen molar-refractivity contribution >= 4 is 55.2 Å². The molecule has 1 aromatic heterocycles. The van der Waals surface area contributed by atoms with Crippen molar-refractivity contribution in [2.75, 3.05) is 12.4 Å². The highest BCUT2D eigenvalue weighted by Crippen LogP contribution is 2.32. The van der Waals surface area contributed by atoms with Gasteiger partial charge in [-0.2, -0.15) is 0 Å². The number of anilines is 1. The number of amides is 1. The average molecular weight is 479 g/mol. The van der Waals surface area contributed by atoms with Gasteiger partial charge in [0.2, 0.25) is 5.91 Å². The third-order valence-electron chi connectivity index (χ3n) is 4.63. The van der Waals surface area contributed by atoms with E-state index in [2.05, 4.69) is 27.3 Å². The Balaban J connectivity index is 1.51. The highest BCUT2D eigenvalue weighted by Gasteiger charge is 2.09. The van der Waals surface area contributed by atoms with Gasteiger partial charge in [0.05, 0.1) is 17.3 Å². The van der Waals surface area contributed by atoms with Crippen molar-refractivity contribution in [2.45, 2.75) is 6.92 Å². The summed E-state index contributed by atoms with van der Waals surface area (Å²) < 4.78 is 7.42. The minimum atomic E-state index is -0.201. The Labute approximate surface area is 187 Å². The minimum absolute atomic E-state index is 0.201. The lowest BCUT2D eigenvalue weighted by Crippen LogP contribution is -2.09. The van der Waals surface area contributed by atoms with Crippen molar-refractivity contribution in [3.8, 4) is 16.3 Å². The van der Waals surface area contributed by atoms with Gasteiger partial charge in [-0.25, -0.2) is 4.98 Å². The summed E-state index contributed by atoms with van der Waals surface area (Å²) in [6.07, 6.45) is 3.24. The topological polar surface area (TPSA) is 51.2 Å². The Morgan fingerprint density at radius 3 is 2.73 bits per heavy atom. The molecule has 4 aromatic rings. The lowest BCUT2D eigenvalue weighted by molar-refractivity contribution is -0.111. The van der Waals surface area contributed by atoms with E-state index in [9.17, 15) is 4.79 Å². The zero-order chi connectivity index (χ0) is 21.1. The summed E-state index contributed by atoms with van der Waals surface area (Å²) in [5.74, 6) is 0.506. The first-order chi connectivity index (χ1) is 14.5. The van der Waals surface area contributed by atoms with E-state index in [0.717, 1.165) is 42.1 Å². The van der Waals surface area contributed by atoms with Crippen LogP contribution in [0.5, 0.6) is 5.75 Å². The zero-order valence-corrected chi connectivity index (χ0v) is 18.9. The molecule has 1 heterocycles. The van der Waals surface area contributed by atoms with Crippen LogP contribution in [0.1, 0.15) is 11.1 Å². The van der Waals surface area contributed by atoms with Crippen LogP contribution in [0, 0.1) is 6.92 Å². The van der Waals surface area contributed by atoms with Crippen LogP contribution in [-0.2, 0) is 4.79 Å². The molecule has 0 atom stereocenters. The monoisotopic (exact) mass is 478 g/mol. The molecule has 6 heteroatoms. The van der Waals surface area contributed by atoms with Crippen LogP contribution >= 0.6 is 27.3 Å². The second kappa shape index (κ2) is 8.81. The van der Waals surface area contributed by atoms with E-state index < -0.39 is 0 Å². The molecule has 0 aliphatic carbocycles. The Kier molecular flexibility index (Phi) is 5.97. The molecule has 0 unspecified atom stereocenters. The van der Waals surface area contributed by atoms with E-state index in [-0.39, 0.29) is 5.91 Å². The van der Waals surface area contributed by atoms with E-state index >= 15 is 0 Å². The normalized spacial score (nSPS) is 11.2. The van der Waals surface area contributed by atoms with Gasteiger partial charge >= 0.3 is 0 Å². The maximum atomic E-state index is 12.4. The summed E-state index contributed by atoms with van der Waals surface area (Å²) >= 11 is 5.10. The van der Waals surface area contributed by atoms with Crippen LogP contribution in [0.15, 0.2) is 71.2 Å². The second-order valence-electron chi connectivity index (χ2n) is 6.73. The fourth-order valence-electron chi connectivity index (χ4n) is 3.11. The van der Waals surface area contributed by atoms with Gasteiger partial charge < -0.3 is 10.1 Å². The average Bonchev–Trinajstić information content (AvgIpc) is 3.18. The van der Waals surface area contributed by atoms with E-state index in [4.69, 9.17) is 9.72 Å². The molecule has 1 N–H and O–H groups in total. The second-order valence-corrected chi connectivity index (χ2v) is 8.67. The standard InChI is InChI=1S/C24H19BrN2O2S/c1-15-13-17(24-27-20-5-3-4-6-22(20)30-24)7-10-19(15)26-23(28)12-8-16-14-18(25)9-11-21(16)29-2/h3-14H,1-2H3,(H,26,28)/b12-8+. The number of fused-ring (bicyclic) bond motifs is 1. The van der Waals surface area contributed by atoms with Gasteiger partial charge in [0, 0.05) is 27.4 Å². The molecule has 150 valence electrons. The Hall–Kier alpha value is -2.96. The number of carbonyl (C=O) groups excluding carboxylic acids is 1. The molecule has 0 aliphatic rings. The third-order valence-corrected chi connectivity index (χ3v) is 6.21. The van der Waals surface area contributed by atoms with Crippen LogP contribution in [0.3, 0.4) is 0 Å². The predicted octanol–water partition coefficient (Wildman–Crippen LogP) is 6.69. The number of hydrogen-bond donors (Lipinski definition) is 1. The summed E-state index contributed by atoms with van der Waals surface area (Å²) in [4.78, 5) is 17.1. The number of hydrogen-bond acceptors (Lipinski definition) is 4. The molecule has 0 saturated heterocycles. The summed E-state index contributed by atoms with van der Waals surface area (Å²) in [7, 11) is 1.61. The quantitative estimate of drug-likeness (QED) is 0.324. The smallest absolute Gasteiger partial charge is 0.248 e. The van der Waals surface area contributed by atoms with Crippen molar-refractivity contribution < 1.29 is 9.53 Å². The fraction of sp³-hybridized carbons (Fsp3) is 0.0833. The number of carbonyl (C=O) groups is 1. The van der Waals surface area contributed by atoms with E-state index in [0.29, 0.717) is 5.75 Å². The largest absolute Gasteiger partial charge is 0.496 e. The number of aryl methyl sites for hydroxylation is 1. The van der Waals surface area contributed by atoms with Crippen LogP contribution in [0.25, 0.3) is 26.9 Å². The van der Waals surface area contributed by atoms with Crippen molar-refractivity contribution in [1.82, 2.24) is 4.98 Å². The summed E-state index contributed by atoms with van der Waals surface area (Å²) in [5, 5.41) is 3.91. The van der Waals surface area contributed by atoms with Crippen molar-refractivity contribution in [1.29, 1.82) is 0 Å². The number of thiazole rings is 1. The number of rotatable bonds is 5. The molecule has 0 bridgehead atoms. The predicted molar refractivity (Wildman–Crippen MR) is 128 cm³/mol. The first kappa shape index (κ1) is 20.3. The number of nitrogens with zero attached hydrogens (tertiary/aromatic N) is 1. The molecular formula is C24H19BrN2O2S. The Morgan fingerprint density at radius 2 is 1.97 bits per heavy atom. The highest BCUT2D eigenvalue weighted by molar-refractivity contribution is 9.10. The molecule has 1 amide bonds. The summed E-state index contributed by atoms with van der Waals surface area (Å²) in [5.41, 5.74) is 4.62. The number of aromatic nitrogens is 1. The highest BCUT2D eigenvalue weighted by atomic mass is 79.9. The van der Waals surface area contributed by atoms with E-state index in [1.807, 2.05) is 61.5 Å². The number of benzene rings is 3. The molecule has 0 fully saturated rings. The molecule has 30 heavy (non-hydrogen) atoms. The fourth-order valence-corrected chi connectivity index (χ4v) is 4.45. The summed E-state index contributed by atoms with van der Waals surface area (Å²) in [6.45, 7) is 1.98. The maximum absolute atomic E-state index is 12.4. The Morgan fingerprint density at radius 1 is 1.13 bits per heavy atom. The molecule has 0 aliphatic heterocycles. The minimum Gasteiger partial charge on any atom is -0.496 e. The molecular weight excluding hydrogens is 460 g/mol. The number of ether oxygens (including phenoxy) is 1. The van der Waals surface area contributed by atoms with Crippen molar-refractivity contribution in [2.24, 2.45) is 0 Å². The SMILES string of the molecule is COc1ccc(Br)cc1/C=C/C(=O)Nc1ccc(-c2nc3ccccc3s2)cc1C. The zero-order valence-electron chi connectivity index (χ0n) is 16.5. The van der Waals surface area contributed by atoms with Gasteiger partial charge in [-0.3, -0.25) is 4.79 Å². The molecule has 0 radical (unpaired) electrons. The third kappa shape index (κ3) is 4.45. The molecule has 4 nitrogen and oxygen atoms in total. The van der Waals surface area contributed by atoms with Crippen LogP contribution in [0.2, 0.25) is 0 Å². The summed E-state index contributed by atoms with van der Waals surface area (Å²) in [6, 6.07) is 19.7. The number of methoxy groups -OCH3 is 1. The van der Waals surface area contributed by atoms with Crippen molar-refractivity contribution in [3.05, 3.63) is 82.3 Å².